The molecule has 6 nitrogen and oxygen atoms in total. The van der Waals surface area contributed by atoms with Crippen LogP contribution in [0.15, 0.2) is 30.5 Å². The summed E-state index contributed by atoms with van der Waals surface area (Å²) in [5.41, 5.74) is 3.51. The topological polar surface area (TPSA) is 62.2 Å². The van der Waals surface area contributed by atoms with Crippen molar-refractivity contribution in [3.8, 4) is 11.1 Å². The summed E-state index contributed by atoms with van der Waals surface area (Å²) < 4.78 is 0. The number of rotatable bonds is 4. The summed E-state index contributed by atoms with van der Waals surface area (Å²) in [6.07, 6.45) is 3.63. The molecule has 156 valence electrons. The fraction of sp³-hybridized carbons (Fsp3) is 0.364. The van der Waals surface area contributed by atoms with Gasteiger partial charge in [0, 0.05) is 37.4 Å². The van der Waals surface area contributed by atoms with Gasteiger partial charge in [-0.05, 0) is 44.4 Å². The molecule has 1 saturated heterocycles. The molecule has 1 unspecified atom stereocenters. The molecule has 0 spiro atoms. The van der Waals surface area contributed by atoms with Crippen molar-refractivity contribution in [3.05, 3.63) is 56.8 Å². The van der Waals surface area contributed by atoms with Crippen molar-refractivity contribution in [3.63, 3.8) is 0 Å². The Labute approximate surface area is 185 Å². The molecule has 0 bridgehead atoms. The Kier molecular flexibility index (Phi) is 5.75. The third-order valence-corrected chi connectivity index (χ3v) is 6.56. The van der Waals surface area contributed by atoms with E-state index in [4.69, 9.17) is 16.6 Å². The quantitative estimate of drug-likeness (QED) is 0.575. The highest BCUT2D eigenvalue weighted by atomic mass is 35.5. The van der Waals surface area contributed by atoms with E-state index in [0.29, 0.717) is 22.4 Å². The molecule has 8 heteroatoms. The smallest absolute Gasteiger partial charge is 0.266 e. The highest BCUT2D eigenvalue weighted by molar-refractivity contribution is 7.13. The van der Waals surface area contributed by atoms with Crippen molar-refractivity contribution in [2.45, 2.75) is 32.7 Å². The van der Waals surface area contributed by atoms with E-state index < -0.39 is 0 Å². The van der Waals surface area contributed by atoms with Gasteiger partial charge in [-0.2, -0.15) is 0 Å². The van der Waals surface area contributed by atoms with Crippen LogP contribution in [0.4, 0.5) is 5.95 Å². The number of likely N-dealkylation sites (tertiary alicyclic amines) is 1. The van der Waals surface area contributed by atoms with Crippen LogP contribution in [-0.2, 0) is 0 Å². The minimum atomic E-state index is -0.116. The normalized spacial score (nSPS) is 16.2. The van der Waals surface area contributed by atoms with Gasteiger partial charge < -0.3 is 9.80 Å². The maximum Gasteiger partial charge on any atom is 0.266 e. The first-order valence-electron chi connectivity index (χ1n) is 9.90. The predicted octanol–water partition coefficient (Wildman–Crippen LogP) is 4.91. The van der Waals surface area contributed by atoms with Gasteiger partial charge in [0.05, 0.1) is 22.4 Å². The van der Waals surface area contributed by atoms with Crippen LogP contribution in [0.5, 0.6) is 0 Å². The summed E-state index contributed by atoms with van der Waals surface area (Å²) in [4.78, 5) is 31.8. The van der Waals surface area contributed by atoms with Crippen LogP contribution in [0.2, 0.25) is 5.02 Å². The van der Waals surface area contributed by atoms with E-state index >= 15 is 0 Å². The molecule has 0 radical (unpaired) electrons. The van der Waals surface area contributed by atoms with Crippen LogP contribution in [0.3, 0.4) is 0 Å². The molecule has 30 heavy (non-hydrogen) atoms. The van der Waals surface area contributed by atoms with Crippen LogP contribution in [0.25, 0.3) is 11.1 Å². The van der Waals surface area contributed by atoms with E-state index in [1.165, 1.54) is 11.3 Å². The molecule has 3 aromatic rings. The Morgan fingerprint density at radius 3 is 2.73 bits per heavy atom. The van der Waals surface area contributed by atoms with Gasteiger partial charge in [0.2, 0.25) is 5.95 Å². The van der Waals surface area contributed by atoms with Crippen LogP contribution in [0.1, 0.15) is 45.0 Å². The summed E-state index contributed by atoms with van der Waals surface area (Å²) in [5, 5.41) is 1.56. The summed E-state index contributed by atoms with van der Waals surface area (Å²) in [6, 6.07) is 7.57. The first kappa shape index (κ1) is 20.8. The van der Waals surface area contributed by atoms with Crippen molar-refractivity contribution < 1.29 is 4.79 Å². The van der Waals surface area contributed by atoms with Gasteiger partial charge in [-0.15, -0.1) is 11.3 Å². The fourth-order valence-corrected chi connectivity index (χ4v) is 4.95. The van der Waals surface area contributed by atoms with Gasteiger partial charge >= 0.3 is 0 Å². The average molecular weight is 442 g/mol. The second-order valence-electron chi connectivity index (χ2n) is 7.68. The second kappa shape index (κ2) is 8.32. The third-order valence-electron chi connectivity index (χ3n) is 5.27. The SMILES string of the molecule is Cc1nc(C)c(C(=O)N2CCCC2c2nc(N(C)C)ncc2-c2cccc(Cl)c2)s1. The molecule has 2 aromatic heterocycles. The Bertz CT molecular complexity index is 1100. The maximum absolute atomic E-state index is 13.4. The second-order valence-corrected chi connectivity index (χ2v) is 9.32. The molecular weight excluding hydrogens is 418 g/mol. The minimum absolute atomic E-state index is 0.0302. The first-order valence-corrected chi connectivity index (χ1v) is 11.1. The molecule has 1 aliphatic rings. The number of amides is 1. The molecule has 1 aliphatic heterocycles. The lowest BCUT2D eigenvalue weighted by Crippen LogP contribution is -2.31. The number of aryl methyl sites for hydroxylation is 2. The minimum Gasteiger partial charge on any atom is -0.347 e. The highest BCUT2D eigenvalue weighted by Gasteiger charge is 2.35. The maximum atomic E-state index is 13.4. The number of anilines is 1. The molecule has 4 rings (SSSR count). The molecule has 0 saturated carbocycles. The number of thiazole rings is 1. The summed E-state index contributed by atoms with van der Waals surface area (Å²) in [7, 11) is 3.83. The number of carbonyl (C=O) groups excluding carboxylic acids is 1. The van der Waals surface area contributed by atoms with Crippen molar-refractivity contribution in [1.29, 1.82) is 0 Å². The van der Waals surface area contributed by atoms with E-state index in [-0.39, 0.29) is 11.9 Å². The number of hydrogen-bond acceptors (Lipinski definition) is 6. The largest absolute Gasteiger partial charge is 0.347 e. The van der Waals surface area contributed by atoms with E-state index in [9.17, 15) is 4.79 Å². The number of aromatic nitrogens is 3. The van der Waals surface area contributed by atoms with Crippen molar-refractivity contribution in [1.82, 2.24) is 19.9 Å². The molecular formula is C22H24ClN5OS. The Morgan fingerprint density at radius 1 is 1.27 bits per heavy atom. The van der Waals surface area contributed by atoms with E-state index in [0.717, 1.165) is 40.4 Å². The molecule has 3 heterocycles. The van der Waals surface area contributed by atoms with Gasteiger partial charge in [0.1, 0.15) is 4.88 Å². The zero-order valence-corrected chi connectivity index (χ0v) is 19.1. The molecule has 0 aliphatic carbocycles. The Balaban J connectivity index is 1.80. The van der Waals surface area contributed by atoms with E-state index in [1.807, 2.05) is 68.2 Å². The fourth-order valence-electron chi connectivity index (χ4n) is 3.89. The lowest BCUT2D eigenvalue weighted by molar-refractivity contribution is 0.0737. The van der Waals surface area contributed by atoms with Crippen molar-refractivity contribution >= 4 is 34.8 Å². The van der Waals surface area contributed by atoms with Gasteiger partial charge in [-0.25, -0.2) is 15.0 Å². The van der Waals surface area contributed by atoms with Gasteiger partial charge in [0.15, 0.2) is 0 Å². The first-order chi connectivity index (χ1) is 14.3. The van der Waals surface area contributed by atoms with Gasteiger partial charge in [-0.1, -0.05) is 23.7 Å². The Morgan fingerprint density at radius 2 is 2.07 bits per heavy atom. The van der Waals surface area contributed by atoms with Crippen LogP contribution in [0, 0.1) is 13.8 Å². The molecule has 1 atom stereocenters. The molecule has 1 fully saturated rings. The molecule has 0 N–H and O–H groups in total. The lowest BCUT2D eigenvalue weighted by atomic mass is 9.99. The number of halogens is 1. The van der Waals surface area contributed by atoms with Crippen LogP contribution < -0.4 is 4.90 Å². The van der Waals surface area contributed by atoms with Crippen LogP contribution in [-0.4, -0.2) is 46.4 Å². The zero-order valence-electron chi connectivity index (χ0n) is 17.5. The standard InChI is InChI=1S/C22H24ClN5OS/c1-13-20(30-14(2)25-13)21(29)28-10-6-9-18(28)19-17(12-24-22(26-19)27(3)4)15-7-5-8-16(23)11-15/h5,7-8,11-12,18H,6,9-10H2,1-4H3. The van der Waals surface area contributed by atoms with Crippen molar-refractivity contribution in [2.24, 2.45) is 0 Å². The predicted molar refractivity (Wildman–Crippen MR) is 121 cm³/mol. The van der Waals surface area contributed by atoms with Gasteiger partial charge in [0.25, 0.3) is 5.91 Å². The average Bonchev–Trinajstić information content (AvgIpc) is 3.33. The summed E-state index contributed by atoms with van der Waals surface area (Å²) in [6.45, 7) is 4.53. The van der Waals surface area contributed by atoms with Crippen LogP contribution >= 0.6 is 22.9 Å². The molecule has 1 aromatic carbocycles. The van der Waals surface area contributed by atoms with E-state index in [2.05, 4.69) is 9.97 Å². The number of benzene rings is 1. The summed E-state index contributed by atoms with van der Waals surface area (Å²) >= 11 is 7.70. The Hall–Kier alpha value is -2.51. The van der Waals surface area contributed by atoms with E-state index in [1.54, 1.807) is 0 Å². The third kappa shape index (κ3) is 3.91. The van der Waals surface area contributed by atoms with Gasteiger partial charge in [-0.3, -0.25) is 4.79 Å². The monoisotopic (exact) mass is 441 g/mol. The molecule has 1 amide bonds. The zero-order chi connectivity index (χ0) is 21.4. The number of nitrogens with zero attached hydrogens (tertiary/aromatic N) is 5. The summed E-state index contributed by atoms with van der Waals surface area (Å²) in [5.74, 6) is 0.655. The lowest BCUT2D eigenvalue weighted by Gasteiger charge is -2.26. The number of hydrogen-bond donors (Lipinski definition) is 0. The number of carbonyl (C=O) groups is 1. The van der Waals surface area contributed by atoms with Crippen molar-refractivity contribution in [2.75, 3.05) is 25.5 Å². The highest BCUT2D eigenvalue weighted by Crippen LogP contribution is 2.39.